The Morgan fingerprint density at radius 3 is 2.37 bits per heavy atom. The predicted octanol–water partition coefficient (Wildman–Crippen LogP) is 3.29. The standard InChI is InChI=1S/C16H21N3/c17-15-10-9-14(12-16(15)18)19-11-5-4-8-13-6-2-1-3-7-13/h1-3,6-7,9-10,12,19H,4-5,8,11,17-18H2. The molecule has 0 aliphatic rings. The van der Waals surface area contributed by atoms with E-state index in [1.165, 1.54) is 12.0 Å². The van der Waals surface area contributed by atoms with Gasteiger partial charge in [0.05, 0.1) is 11.4 Å². The van der Waals surface area contributed by atoms with Gasteiger partial charge in [-0.15, -0.1) is 0 Å². The molecule has 19 heavy (non-hydrogen) atoms. The fourth-order valence-corrected chi connectivity index (χ4v) is 2.02. The summed E-state index contributed by atoms with van der Waals surface area (Å²) >= 11 is 0. The molecule has 2 aromatic rings. The molecule has 0 amide bonds. The molecule has 0 unspecified atom stereocenters. The van der Waals surface area contributed by atoms with Crippen molar-refractivity contribution in [1.82, 2.24) is 0 Å². The molecule has 0 atom stereocenters. The highest BCUT2D eigenvalue weighted by Gasteiger charge is 1.97. The monoisotopic (exact) mass is 255 g/mol. The smallest absolute Gasteiger partial charge is 0.0568 e. The molecule has 0 aliphatic carbocycles. The highest BCUT2D eigenvalue weighted by atomic mass is 14.9. The zero-order valence-corrected chi connectivity index (χ0v) is 11.1. The third kappa shape index (κ3) is 4.21. The molecule has 0 aromatic heterocycles. The third-order valence-corrected chi connectivity index (χ3v) is 3.15. The van der Waals surface area contributed by atoms with Crippen molar-refractivity contribution in [2.24, 2.45) is 0 Å². The van der Waals surface area contributed by atoms with E-state index in [4.69, 9.17) is 11.5 Å². The first-order valence-electron chi connectivity index (χ1n) is 6.68. The van der Waals surface area contributed by atoms with Crippen LogP contribution < -0.4 is 16.8 Å². The fraction of sp³-hybridized carbons (Fsp3) is 0.250. The van der Waals surface area contributed by atoms with Crippen LogP contribution in [0.1, 0.15) is 18.4 Å². The van der Waals surface area contributed by atoms with Crippen LogP contribution in [-0.2, 0) is 6.42 Å². The Labute approximate surface area is 114 Å². The summed E-state index contributed by atoms with van der Waals surface area (Å²) in [5, 5.41) is 3.36. The van der Waals surface area contributed by atoms with Crippen LogP contribution in [0.2, 0.25) is 0 Å². The van der Waals surface area contributed by atoms with Gasteiger partial charge < -0.3 is 16.8 Å². The summed E-state index contributed by atoms with van der Waals surface area (Å²) in [6.45, 7) is 0.955. The lowest BCUT2D eigenvalue weighted by atomic mass is 10.1. The van der Waals surface area contributed by atoms with E-state index in [1.807, 2.05) is 18.2 Å². The molecule has 0 saturated carbocycles. The van der Waals surface area contributed by atoms with Crippen LogP contribution in [-0.4, -0.2) is 6.54 Å². The molecule has 3 nitrogen and oxygen atoms in total. The van der Waals surface area contributed by atoms with Crippen molar-refractivity contribution in [3.63, 3.8) is 0 Å². The van der Waals surface area contributed by atoms with Crippen molar-refractivity contribution in [3.8, 4) is 0 Å². The molecule has 0 heterocycles. The van der Waals surface area contributed by atoms with Gasteiger partial charge in [0.2, 0.25) is 0 Å². The molecule has 2 aromatic carbocycles. The number of unbranched alkanes of at least 4 members (excludes halogenated alkanes) is 1. The van der Waals surface area contributed by atoms with Crippen molar-refractivity contribution in [2.45, 2.75) is 19.3 Å². The van der Waals surface area contributed by atoms with Crippen LogP contribution in [0.5, 0.6) is 0 Å². The number of nitrogen functional groups attached to an aromatic ring is 2. The summed E-state index contributed by atoms with van der Waals surface area (Å²) in [5.74, 6) is 0. The van der Waals surface area contributed by atoms with Gasteiger partial charge in [-0.1, -0.05) is 30.3 Å². The molecule has 100 valence electrons. The minimum absolute atomic E-state index is 0.634. The average Bonchev–Trinajstić information content (AvgIpc) is 2.43. The minimum Gasteiger partial charge on any atom is -0.397 e. The van der Waals surface area contributed by atoms with Crippen LogP contribution >= 0.6 is 0 Å². The maximum atomic E-state index is 5.76. The zero-order chi connectivity index (χ0) is 13.5. The Morgan fingerprint density at radius 2 is 1.63 bits per heavy atom. The van der Waals surface area contributed by atoms with Crippen LogP contribution in [0.15, 0.2) is 48.5 Å². The third-order valence-electron chi connectivity index (χ3n) is 3.15. The summed E-state index contributed by atoms with van der Waals surface area (Å²) in [6, 6.07) is 16.3. The van der Waals surface area contributed by atoms with E-state index in [0.717, 1.165) is 25.1 Å². The van der Waals surface area contributed by atoms with Crippen molar-refractivity contribution in [3.05, 3.63) is 54.1 Å². The number of aryl methyl sites for hydroxylation is 1. The van der Waals surface area contributed by atoms with Gasteiger partial charge >= 0.3 is 0 Å². The summed E-state index contributed by atoms with van der Waals surface area (Å²) < 4.78 is 0. The average molecular weight is 255 g/mol. The van der Waals surface area contributed by atoms with Gasteiger partial charge in [0.15, 0.2) is 0 Å². The molecule has 0 fully saturated rings. The normalized spacial score (nSPS) is 10.3. The van der Waals surface area contributed by atoms with Crippen molar-refractivity contribution in [1.29, 1.82) is 0 Å². The Morgan fingerprint density at radius 1 is 0.842 bits per heavy atom. The van der Waals surface area contributed by atoms with Crippen LogP contribution in [0.25, 0.3) is 0 Å². The molecular formula is C16H21N3. The number of nitrogens with two attached hydrogens (primary N) is 2. The van der Waals surface area contributed by atoms with Gasteiger partial charge in [-0.25, -0.2) is 0 Å². The van der Waals surface area contributed by atoms with E-state index in [1.54, 1.807) is 0 Å². The lowest BCUT2D eigenvalue weighted by Gasteiger charge is -2.08. The van der Waals surface area contributed by atoms with Crippen molar-refractivity contribution < 1.29 is 0 Å². The lowest BCUT2D eigenvalue weighted by molar-refractivity contribution is 0.763. The van der Waals surface area contributed by atoms with E-state index in [-0.39, 0.29) is 0 Å². The second-order valence-electron chi connectivity index (χ2n) is 4.71. The Bertz CT molecular complexity index is 509. The van der Waals surface area contributed by atoms with Gasteiger partial charge in [-0.2, -0.15) is 0 Å². The maximum absolute atomic E-state index is 5.76. The molecule has 0 radical (unpaired) electrons. The van der Waals surface area contributed by atoms with E-state index in [2.05, 4.69) is 35.6 Å². The Kier molecular flexibility index (Phi) is 4.67. The van der Waals surface area contributed by atoms with Crippen LogP contribution in [0, 0.1) is 0 Å². The SMILES string of the molecule is Nc1ccc(NCCCCc2ccccc2)cc1N. The van der Waals surface area contributed by atoms with Gasteiger partial charge in [0.25, 0.3) is 0 Å². The number of nitrogens with one attached hydrogen (secondary N) is 1. The second kappa shape index (κ2) is 6.69. The minimum atomic E-state index is 0.634. The largest absolute Gasteiger partial charge is 0.397 e. The number of rotatable bonds is 6. The highest BCUT2D eigenvalue weighted by molar-refractivity contribution is 5.69. The van der Waals surface area contributed by atoms with Crippen molar-refractivity contribution >= 4 is 17.1 Å². The van der Waals surface area contributed by atoms with E-state index in [0.29, 0.717) is 11.4 Å². The first-order chi connectivity index (χ1) is 9.25. The van der Waals surface area contributed by atoms with Crippen LogP contribution in [0.4, 0.5) is 17.1 Å². The topological polar surface area (TPSA) is 64.1 Å². The highest BCUT2D eigenvalue weighted by Crippen LogP contribution is 2.19. The summed E-state index contributed by atoms with van der Waals surface area (Å²) in [6.07, 6.45) is 3.45. The van der Waals surface area contributed by atoms with Crippen LogP contribution in [0.3, 0.4) is 0 Å². The second-order valence-corrected chi connectivity index (χ2v) is 4.71. The summed E-state index contributed by atoms with van der Waals surface area (Å²) in [7, 11) is 0. The maximum Gasteiger partial charge on any atom is 0.0568 e. The van der Waals surface area contributed by atoms with Crippen molar-refractivity contribution in [2.75, 3.05) is 23.3 Å². The number of anilines is 3. The van der Waals surface area contributed by atoms with Gasteiger partial charge in [0.1, 0.15) is 0 Å². The molecular weight excluding hydrogens is 234 g/mol. The number of benzene rings is 2. The quantitative estimate of drug-likeness (QED) is 0.548. The predicted molar refractivity (Wildman–Crippen MR) is 83.1 cm³/mol. The van der Waals surface area contributed by atoms with Gasteiger partial charge in [-0.3, -0.25) is 0 Å². The Hall–Kier alpha value is -2.16. The fourth-order valence-electron chi connectivity index (χ4n) is 2.02. The van der Waals surface area contributed by atoms with Gasteiger partial charge in [0, 0.05) is 12.2 Å². The van der Waals surface area contributed by atoms with E-state index >= 15 is 0 Å². The molecule has 0 spiro atoms. The molecule has 2 rings (SSSR count). The number of hydrogen-bond acceptors (Lipinski definition) is 3. The first kappa shape index (κ1) is 13.3. The van der Waals surface area contributed by atoms with E-state index < -0.39 is 0 Å². The summed E-state index contributed by atoms with van der Waals surface area (Å²) in [4.78, 5) is 0. The molecule has 5 N–H and O–H groups in total. The van der Waals surface area contributed by atoms with E-state index in [9.17, 15) is 0 Å². The van der Waals surface area contributed by atoms with Gasteiger partial charge in [-0.05, 0) is 43.0 Å². The number of hydrogen-bond donors (Lipinski definition) is 3. The summed E-state index contributed by atoms with van der Waals surface area (Å²) in [5.41, 5.74) is 15.1. The Balaban J connectivity index is 1.68. The molecule has 3 heteroatoms. The molecule has 0 bridgehead atoms. The molecule has 0 aliphatic heterocycles. The first-order valence-corrected chi connectivity index (χ1v) is 6.68. The molecule has 0 saturated heterocycles. The lowest BCUT2D eigenvalue weighted by Crippen LogP contribution is -2.03. The zero-order valence-electron chi connectivity index (χ0n) is 11.1.